The van der Waals surface area contributed by atoms with Crippen LogP contribution in [-0.2, 0) is 6.54 Å². The number of nitriles is 1. The number of ether oxygens (including phenoxy) is 1. The summed E-state index contributed by atoms with van der Waals surface area (Å²) in [5.74, 6) is 0.696. The van der Waals surface area contributed by atoms with Gasteiger partial charge in [-0.3, -0.25) is 0 Å². The van der Waals surface area contributed by atoms with Crippen molar-refractivity contribution in [1.82, 2.24) is 0 Å². The Kier molecular flexibility index (Phi) is 5.28. The average Bonchev–Trinajstić information content (AvgIpc) is 2.47. The maximum Gasteiger partial charge on any atom is 0.174 e. The normalized spacial score (nSPS) is 9.85. The van der Waals surface area contributed by atoms with Crippen LogP contribution < -0.4 is 10.1 Å². The SMILES string of the molecule is N#CCOc1ccc(CNc2ccc(Br)c(Cl)c2)cc1. The zero-order chi connectivity index (χ0) is 14.4. The van der Waals surface area contributed by atoms with Crippen LogP contribution >= 0.6 is 27.5 Å². The third-order valence-corrected chi connectivity index (χ3v) is 3.88. The Morgan fingerprint density at radius 1 is 1.20 bits per heavy atom. The van der Waals surface area contributed by atoms with Gasteiger partial charge in [0.2, 0.25) is 0 Å². The summed E-state index contributed by atoms with van der Waals surface area (Å²) in [6.07, 6.45) is 0. The minimum Gasteiger partial charge on any atom is -0.479 e. The van der Waals surface area contributed by atoms with Crippen LogP contribution in [0.5, 0.6) is 5.75 Å². The van der Waals surface area contributed by atoms with Crippen molar-refractivity contribution in [3.05, 3.63) is 57.5 Å². The monoisotopic (exact) mass is 350 g/mol. The van der Waals surface area contributed by atoms with Crippen molar-refractivity contribution < 1.29 is 4.74 Å². The van der Waals surface area contributed by atoms with Gasteiger partial charge in [0.05, 0.1) is 5.02 Å². The highest BCUT2D eigenvalue weighted by molar-refractivity contribution is 9.10. The first-order valence-electron chi connectivity index (χ1n) is 5.96. The van der Waals surface area contributed by atoms with E-state index in [2.05, 4.69) is 21.2 Å². The second kappa shape index (κ2) is 7.18. The number of nitrogens with one attached hydrogen (secondary N) is 1. The average molecular weight is 352 g/mol. The van der Waals surface area contributed by atoms with Crippen LogP contribution in [0.1, 0.15) is 5.56 Å². The second-order valence-corrected chi connectivity index (χ2v) is 5.33. The quantitative estimate of drug-likeness (QED) is 0.855. The zero-order valence-electron chi connectivity index (χ0n) is 10.6. The third kappa shape index (κ3) is 4.16. The largest absolute Gasteiger partial charge is 0.479 e. The first kappa shape index (κ1) is 14.7. The Morgan fingerprint density at radius 2 is 1.95 bits per heavy atom. The van der Waals surface area contributed by atoms with Crippen LogP contribution in [0.25, 0.3) is 0 Å². The van der Waals surface area contributed by atoms with E-state index in [4.69, 9.17) is 21.6 Å². The number of rotatable bonds is 5. The smallest absolute Gasteiger partial charge is 0.174 e. The van der Waals surface area contributed by atoms with E-state index in [1.807, 2.05) is 48.5 Å². The van der Waals surface area contributed by atoms with Gasteiger partial charge in [-0.1, -0.05) is 23.7 Å². The molecule has 0 saturated heterocycles. The Hall–Kier alpha value is -1.70. The summed E-state index contributed by atoms with van der Waals surface area (Å²) in [5.41, 5.74) is 2.08. The number of anilines is 1. The lowest BCUT2D eigenvalue weighted by Crippen LogP contribution is -1.99. The van der Waals surface area contributed by atoms with Gasteiger partial charge < -0.3 is 10.1 Å². The van der Waals surface area contributed by atoms with Gasteiger partial charge in [0, 0.05) is 16.7 Å². The van der Waals surface area contributed by atoms with E-state index in [0.717, 1.165) is 15.7 Å². The summed E-state index contributed by atoms with van der Waals surface area (Å²) >= 11 is 9.39. The van der Waals surface area contributed by atoms with Crippen molar-refractivity contribution in [2.45, 2.75) is 6.54 Å². The van der Waals surface area contributed by atoms with E-state index < -0.39 is 0 Å². The molecule has 2 aromatic rings. The molecule has 1 N–H and O–H groups in total. The molecule has 0 aliphatic rings. The van der Waals surface area contributed by atoms with Crippen LogP contribution in [0.4, 0.5) is 5.69 Å². The van der Waals surface area contributed by atoms with Crippen molar-refractivity contribution in [1.29, 1.82) is 5.26 Å². The molecular weight excluding hydrogens is 340 g/mol. The first-order chi connectivity index (χ1) is 9.69. The number of hydrogen-bond acceptors (Lipinski definition) is 3. The Labute approximate surface area is 131 Å². The van der Waals surface area contributed by atoms with Crippen molar-refractivity contribution in [2.75, 3.05) is 11.9 Å². The van der Waals surface area contributed by atoms with E-state index in [0.29, 0.717) is 17.3 Å². The van der Waals surface area contributed by atoms with Crippen molar-refractivity contribution in [3.63, 3.8) is 0 Å². The Balaban J connectivity index is 1.93. The molecule has 5 heteroatoms. The fourth-order valence-electron chi connectivity index (χ4n) is 1.63. The lowest BCUT2D eigenvalue weighted by Gasteiger charge is -2.08. The number of hydrogen-bond donors (Lipinski definition) is 1. The molecule has 2 rings (SSSR count). The van der Waals surface area contributed by atoms with Gasteiger partial charge in [0.15, 0.2) is 6.61 Å². The molecular formula is C15H12BrClN2O. The van der Waals surface area contributed by atoms with Crippen molar-refractivity contribution in [3.8, 4) is 11.8 Å². The van der Waals surface area contributed by atoms with E-state index in [-0.39, 0.29) is 6.61 Å². The highest BCUT2D eigenvalue weighted by Crippen LogP contribution is 2.25. The molecule has 0 amide bonds. The zero-order valence-corrected chi connectivity index (χ0v) is 12.9. The maximum absolute atomic E-state index is 8.44. The van der Waals surface area contributed by atoms with Gasteiger partial charge >= 0.3 is 0 Å². The van der Waals surface area contributed by atoms with Gasteiger partial charge in [-0.05, 0) is 51.8 Å². The van der Waals surface area contributed by atoms with E-state index in [1.54, 1.807) is 0 Å². The van der Waals surface area contributed by atoms with Gasteiger partial charge in [0.1, 0.15) is 11.8 Å². The summed E-state index contributed by atoms with van der Waals surface area (Å²) in [5, 5.41) is 12.4. The lowest BCUT2D eigenvalue weighted by atomic mass is 10.2. The van der Waals surface area contributed by atoms with Crippen molar-refractivity contribution >= 4 is 33.2 Å². The molecule has 20 heavy (non-hydrogen) atoms. The molecule has 0 atom stereocenters. The van der Waals surface area contributed by atoms with Crippen LogP contribution in [-0.4, -0.2) is 6.61 Å². The topological polar surface area (TPSA) is 45.0 Å². The minimum atomic E-state index is 0.0645. The lowest BCUT2D eigenvalue weighted by molar-refractivity contribution is 0.368. The molecule has 0 spiro atoms. The van der Waals surface area contributed by atoms with Gasteiger partial charge in [-0.25, -0.2) is 0 Å². The van der Waals surface area contributed by atoms with Gasteiger partial charge in [0.25, 0.3) is 0 Å². The summed E-state index contributed by atoms with van der Waals surface area (Å²) in [4.78, 5) is 0. The fourth-order valence-corrected chi connectivity index (χ4v) is 2.06. The van der Waals surface area contributed by atoms with Crippen LogP contribution in [0.2, 0.25) is 5.02 Å². The molecule has 2 aromatic carbocycles. The van der Waals surface area contributed by atoms with E-state index >= 15 is 0 Å². The van der Waals surface area contributed by atoms with Gasteiger partial charge in [-0.2, -0.15) is 5.26 Å². The molecule has 102 valence electrons. The van der Waals surface area contributed by atoms with E-state index in [9.17, 15) is 0 Å². The molecule has 0 unspecified atom stereocenters. The number of halogens is 2. The highest BCUT2D eigenvalue weighted by Gasteiger charge is 2.00. The van der Waals surface area contributed by atoms with Crippen LogP contribution in [0, 0.1) is 11.3 Å². The Morgan fingerprint density at radius 3 is 2.60 bits per heavy atom. The number of benzene rings is 2. The molecule has 0 saturated carbocycles. The highest BCUT2D eigenvalue weighted by atomic mass is 79.9. The Bertz CT molecular complexity index is 623. The molecule has 0 aliphatic heterocycles. The maximum atomic E-state index is 8.44. The van der Waals surface area contributed by atoms with Gasteiger partial charge in [-0.15, -0.1) is 0 Å². The summed E-state index contributed by atoms with van der Waals surface area (Å²) in [7, 11) is 0. The molecule has 0 heterocycles. The molecule has 0 bridgehead atoms. The minimum absolute atomic E-state index is 0.0645. The standard InChI is InChI=1S/C15H12BrClN2O/c16-14-6-3-12(9-15(14)17)19-10-11-1-4-13(5-2-11)20-8-7-18/h1-6,9,19H,8,10H2. The second-order valence-electron chi connectivity index (χ2n) is 4.07. The molecule has 0 fully saturated rings. The molecule has 0 aromatic heterocycles. The molecule has 0 radical (unpaired) electrons. The van der Waals surface area contributed by atoms with Crippen LogP contribution in [0.15, 0.2) is 46.9 Å². The fraction of sp³-hybridized carbons (Fsp3) is 0.133. The summed E-state index contributed by atoms with van der Waals surface area (Å²) in [6, 6.07) is 15.3. The molecule has 3 nitrogen and oxygen atoms in total. The number of nitrogens with zero attached hydrogens (tertiary/aromatic N) is 1. The van der Waals surface area contributed by atoms with E-state index in [1.165, 1.54) is 0 Å². The first-order valence-corrected chi connectivity index (χ1v) is 7.14. The third-order valence-electron chi connectivity index (χ3n) is 2.64. The predicted molar refractivity (Wildman–Crippen MR) is 84.0 cm³/mol. The summed E-state index contributed by atoms with van der Waals surface area (Å²) < 4.78 is 6.08. The predicted octanol–water partition coefficient (Wildman–Crippen LogP) is 4.62. The summed E-state index contributed by atoms with van der Waals surface area (Å²) in [6.45, 7) is 0.755. The van der Waals surface area contributed by atoms with Crippen molar-refractivity contribution in [2.24, 2.45) is 0 Å². The molecule has 0 aliphatic carbocycles. The van der Waals surface area contributed by atoms with Crippen LogP contribution in [0.3, 0.4) is 0 Å².